The van der Waals surface area contributed by atoms with Gasteiger partial charge in [-0.05, 0) is 57.2 Å². The molecule has 0 fully saturated rings. The predicted octanol–water partition coefficient (Wildman–Crippen LogP) is -1.75. The van der Waals surface area contributed by atoms with Crippen LogP contribution in [0, 0.1) is 20.8 Å². The molecule has 0 saturated carbocycles. The van der Waals surface area contributed by atoms with Gasteiger partial charge in [-0.25, -0.2) is 0 Å². The minimum Gasteiger partial charge on any atom is -0.693 e. The molecule has 9 nitrogen and oxygen atoms in total. The zero-order valence-corrected chi connectivity index (χ0v) is 31.7. The maximum absolute atomic E-state index is 4.88. The summed E-state index contributed by atoms with van der Waals surface area (Å²) in [4.78, 5) is 11.9. The van der Waals surface area contributed by atoms with Gasteiger partial charge in [0.2, 0.25) is 0 Å². The Morgan fingerprint density at radius 3 is 0.737 bits per heavy atom. The van der Waals surface area contributed by atoms with E-state index >= 15 is 0 Å². The summed E-state index contributed by atoms with van der Waals surface area (Å²) in [6.45, 7) is 5.92. The van der Waals surface area contributed by atoms with Crippen molar-refractivity contribution in [3.8, 4) is 0 Å². The average Bonchev–Trinajstić information content (AvgIpc) is 2.74. The van der Waals surface area contributed by atoms with Crippen LogP contribution in [0.15, 0.2) is 73.2 Å². The number of hydrogen-bond acceptors (Lipinski definition) is 3. The molecule has 19 heteroatoms. The van der Waals surface area contributed by atoms with Gasteiger partial charge in [0, 0.05) is 35.7 Å². The number of aromatic nitrogens is 3. The summed E-state index contributed by atoms with van der Waals surface area (Å²) in [5.41, 5.74) is 3.22. The van der Waals surface area contributed by atoms with Gasteiger partial charge >= 0.3 is 91.7 Å². The van der Waals surface area contributed by atoms with Crippen LogP contribution in [-0.4, -0.2) is 31.4 Å². The Balaban J connectivity index is -0.0000000180. The van der Waals surface area contributed by atoms with Crippen molar-refractivity contribution in [2.24, 2.45) is 0 Å². The second-order valence-corrected chi connectivity index (χ2v) is 7.74. The van der Waals surface area contributed by atoms with Gasteiger partial charge in [-0.15, -0.1) is 0 Å². The van der Waals surface area contributed by atoms with Gasteiger partial charge in [-0.2, -0.15) is 0 Å². The van der Waals surface area contributed by atoms with Crippen molar-refractivity contribution in [3.05, 3.63) is 109 Å². The van der Waals surface area contributed by atoms with E-state index in [4.69, 9.17) is 18.8 Å². The first-order valence-corrected chi connectivity index (χ1v) is 18.6. The number of aryl methyl sites for hydroxylation is 3. The smallest absolute Gasteiger partial charge is 0.693 e. The SMILES string of the molecule is C.Cc1ccccn1.Cc1ccccn1.Cc1ccccn1.O.O.O.[Cl-].[Cl-].[Cl-].[Cl][Pt+].[Cl][Pt+].[Cl][Pt][Cl].[NH2-].[NH2-].[NH2-]. The Labute approximate surface area is 294 Å². The predicted molar refractivity (Wildman–Crippen MR) is 144 cm³/mol. The van der Waals surface area contributed by atoms with Gasteiger partial charge in [0.05, 0.1) is 0 Å². The second kappa shape index (κ2) is 77.0. The molecular formula is C19H37Cl7N6O3Pt3-4. The van der Waals surface area contributed by atoms with Crippen LogP contribution in [0.3, 0.4) is 0 Å². The molecular weight excluding hydrogens is 1190 g/mol. The first-order valence-electron chi connectivity index (χ1n) is 7.29. The number of pyridine rings is 3. The molecule has 0 aliphatic carbocycles. The number of rotatable bonds is 0. The summed E-state index contributed by atoms with van der Waals surface area (Å²) < 4.78 is 0. The summed E-state index contributed by atoms with van der Waals surface area (Å²) in [5.74, 6) is 0. The fraction of sp³-hybridized carbons (Fsp3) is 0.211. The molecule has 0 radical (unpaired) electrons. The van der Waals surface area contributed by atoms with Gasteiger partial charge in [-0.1, -0.05) is 25.6 Å². The number of hydrogen-bond donors (Lipinski definition) is 0. The normalized spacial score (nSPS) is 5.76. The van der Waals surface area contributed by atoms with Crippen molar-refractivity contribution in [1.29, 1.82) is 0 Å². The quantitative estimate of drug-likeness (QED) is 0.255. The summed E-state index contributed by atoms with van der Waals surface area (Å²) in [6.07, 6.45) is 5.36. The molecule has 3 aromatic heterocycles. The monoisotopic (exact) mass is 1230 g/mol. The fourth-order valence-electron chi connectivity index (χ4n) is 1.34. The molecule has 0 aromatic carbocycles. The van der Waals surface area contributed by atoms with Crippen LogP contribution in [0.2, 0.25) is 0 Å². The van der Waals surface area contributed by atoms with Crippen molar-refractivity contribution in [2.75, 3.05) is 0 Å². The minimum absolute atomic E-state index is 0. The molecule has 0 bridgehead atoms. The van der Waals surface area contributed by atoms with E-state index in [9.17, 15) is 0 Å². The minimum atomic E-state index is -0.472. The van der Waals surface area contributed by atoms with Crippen LogP contribution in [0.4, 0.5) is 0 Å². The molecule has 0 spiro atoms. The molecule has 0 aliphatic heterocycles. The van der Waals surface area contributed by atoms with Crippen LogP contribution < -0.4 is 37.2 Å². The number of nitrogens with zero attached hydrogens (tertiary/aromatic N) is 3. The van der Waals surface area contributed by atoms with Crippen LogP contribution in [0.5, 0.6) is 0 Å². The van der Waals surface area contributed by atoms with Crippen molar-refractivity contribution in [2.45, 2.75) is 28.2 Å². The van der Waals surface area contributed by atoms with Crippen LogP contribution in [0.25, 0.3) is 18.5 Å². The van der Waals surface area contributed by atoms with Crippen molar-refractivity contribution in [1.82, 2.24) is 15.0 Å². The van der Waals surface area contributed by atoms with E-state index in [1.54, 1.807) is 56.1 Å². The third kappa shape index (κ3) is 76.8. The Morgan fingerprint density at radius 1 is 0.526 bits per heavy atom. The van der Waals surface area contributed by atoms with E-state index in [0.717, 1.165) is 17.1 Å². The Hall–Kier alpha value is 1.30. The maximum Gasteiger partial charge on any atom is -0.693 e. The molecule has 0 saturated heterocycles. The van der Waals surface area contributed by atoms with Crippen molar-refractivity contribution < 1.29 is 108 Å². The summed E-state index contributed by atoms with van der Waals surface area (Å²) in [6, 6.07) is 17.6. The molecule has 0 atom stereocenters. The topological polar surface area (TPSA) is 234 Å². The molecule has 0 unspecified atom stereocenters. The largest absolute Gasteiger partial charge is 0.693 e. The standard InChI is InChI=1S/3C6H7N.CH4.7ClH.3H2N.3H2O.3Pt/c3*1-6-4-2-3-5-7-6;;;;;;;;;;;;;;;;;/h3*2-5H,1H3;1H4;7*1H;6*1H2;;;/q;;;;;;;;;;;3*-1;;;;3*+2/p-7. The third-order valence-electron chi connectivity index (χ3n) is 2.44. The summed E-state index contributed by atoms with van der Waals surface area (Å²) in [7, 11) is 19.0. The third-order valence-corrected chi connectivity index (χ3v) is 2.44. The van der Waals surface area contributed by atoms with Crippen LogP contribution in [0.1, 0.15) is 24.5 Å². The van der Waals surface area contributed by atoms with Gasteiger partial charge in [0.25, 0.3) is 0 Å². The Morgan fingerprint density at radius 2 is 0.684 bits per heavy atom. The molecule has 12 N–H and O–H groups in total. The Kier molecular flexibility index (Phi) is 169. The van der Waals surface area contributed by atoms with E-state index in [-0.39, 0.29) is 79.5 Å². The van der Waals surface area contributed by atoms with Gasteiger partial charge in [0.15, 0.2) is 0 Å². The van der Waals surface area contributed by atoms with Crippen molar-refractivity contribution in [3.63, 3.8) is 0 Å². The van der Waals surface area contributed by atoms with Gasteiger partial charge in [-0.3, -0.25) is 15.0 Å². The molecule has 3 rings (SSSR count). The van der Waals surface area contributed by atoms with Crippen LogP contribution >= 0.6 is 37.7 Å². The molecule has 3 aromatic rings. The fourth-order valence-corrected chi connectivity index (χ4v) is 1.34. The zero-order chi connectivity index (χ0) is 22.0. The molecule has 0 aliphatic rings. The van der Waals surface area contributed by atoms with E-state index in [0.29, 0.717) is 0 Å². The second-order valence-electron chi connectivity index (χ2n) is 4.46. The molecule has 3 heterocycles. The van der Waals surface area contributed by atoms with Gasteiger partial charge < -0.3 is 72.1 Å². The summed E-state index contributed by atoms with van der Waals surface area (Å²) in [5, 5.41) is 0. The van der Waals surface area contributed by atoms with E-state index in [2.05, 4.69) is 33.8 Å². The van der Waals surface area contributed by atoms with Crippen molar-refractivity contribution >= 4 is 37.7 Å². The molecule has 244 valence electrons. The number of nitrogens with two attached hydrogens (primary N) is 3. The number of halogens is 7. The van der Waals surface area contributed by atoms with Crippen LogP contribution in [-0.2, 0) is 54.0 Å². The Bertz CT molecular complexity index is 568. The zero-order valence-electron chi connectivity index (χ0n) is 19.6. The first kappa shape index (κ1) is 83.3. The molecule has 38 heavy (non-hydrogen) atoms. The van der Waals surface area contributed by atoms with E-state index in [1.807, 2.05) is 75.4 Å². The summed E-state index contributed by atoms with van der Waals surface area (Å²) >= 11 is 2.75. The molecule has 0 amide bonds. The van der Waals surface area contributed by atoms with E-state index < -0.39 is 16.5 Å². The van der Waals surface area contributed by atoms with Gasteiger partial charge in [0.1, 0.15) is 0 Å². The average molecular weight is 1230 g/mol. The van der Waals surface area contributed by atoms with E-state index in [1.165, 1.54) is 0 Å². The first-order chi connectivity index (χ1) is 13.6. The maximum atomic E-state index is 4.88.